The summed E-state index contributed by atoms with van der Waals surface area (Å²) in [6.45, 7) is 7.71. The summed E-state index contributed by atoms with van der Waals surface area (Å²) in [6.07, 6.45) is 1.80. The van der Waals surface area contributed by atoms with Gasteiger partial charge in [0.25, 0.3) is 0 Å². The summed E-state index contributed by atoms with van der Waals surface area (Å²) in [5, 5.41) is 1.03. The van der Waals surface area contributed by atoms with E-state index in [1.54, 1.807) is 0 Å². The molecule has 6 heteroatoms. The van der Waals surface area contributed by atoms with Crippen molar-refractivity contribution in [2.45, 2.75) is 39.0 Å². The fraction of sp³-hybridized carbons (Fsp3) is 0.478. The van der Waals surface area contributed by atoms with E-state index in [1.165, 1.54) is 0 Å². The van der Waals surface area contributed by atoms with E-state index in [2.05, 4.69) is 32.9 Å². The Morgan fingerprint density at radius 3 is 2.10 bits per heavy atom. The van der Waals surface area contributed by atoms with Crippen LogP contribution in [0.25, 0.3) is 0 Å². The van der Waals surface area contributed by atoms with Crippen LogP contribution in [0.3, 0.4) is 0 Å². The van der Waals surface area contributed by atoms with Crippen molar-refractivity contribution >= 4 is 46.6 Å². The van der Waals surface area contributed by atoms with Crippen molar-refractivity contribution in [2.75, 3.05) is 30.6 Å². The van der Waals surface area contributed by atoms with Gasteiger partial charge in [-0.2, -0.15) is 11.8 Å². The molecule has 0 spiro atoms. The van der Waals surface area contributed by atoms with Crippen molar-refractivity contribution in [2.24, 2.45) is 0 Å². The van der Waals surface area contributed by atoms with Crippen LogP contribution < -0.4 is 9.47 Å². The van der Waals surface area contributed by atoms with Crippen molar-refractivity contribution in [1.82, 2.24) is 0 Å². The van der Waals surface area contributed by atoms with Gasteiger partial charge in [0.15, 0.2) is 5.75 Å². The van der Waals surface area contributed by atoms with Crippen molar-refractivity contribution < 1.29 is 9.47 Å². The predicted molar refractivity (Wildman–Crippen MR) is 129 cm³/mol. The normalized spacial score (nSPS) is 11.5. The molecule has 0 N–H and O–H groups in total. The molecule has 0 atom stereocenters. The molecule has 0 radical (unpaired) electrons. The van der Waals surface area contributed by atoms with Gasteiger partial charge in [-0.1, -0.05) is 56.1 Å². The molecule has 0 heterocycles. The smallest absolute Gasteiger partial charge is 0.156 e. The van der Waals surface area contributed by atoms with Gasteiger partial charge in [0.1, 0.15) is 5.75 Å². The van der Waals surface area contributed by atoms with Crippen molar-refractivity contribution in [1.29, 1.82) is 0 Å². The third-order valence-electron chi connectivity index (χ3n) is 4.73. The minimum atomic E-state index is -0.266. The van der Waals surface area contributed by atoms with Gasteiger partial charge in [-0.3, -0.25) is 0 Å². The van der Waals surface area contributed by atoms with Crippen LogP contribution in [0.4, 0.5) is 0 Å². The van der Waals surface area contributed by atoms with Gasteiger partial charge >= 0.3 is 0 Å². The molecule has 0 bridgehead atoms. The fourth-order valence-electron chi connectivity index (χ4n) is 2.92. The monoisotopic (exact) mass is 474 g/mol. The van der Waals surface area contributed by atoms with Gasteiger partial charge < -0.3 is 9.47 Å². The van der Waals surface area contributed by atoms with Crippen LogP contribution in [0, 0.1) is 0 Å². The summed E-state index contributed by atoms with van der Waals surface area (Å²) < 4.78 is 11.5. The van der Waals surface area contributed by atoms with E-state index in [0.29, 0.717) is 28.3 Å². The Morgan fingerprint density at radius 2 is 1.52 bits per heavy atom. The van der Waals surface area contributed by atoms with E-state index >= 15 is 0 Å². The Labute approximate surface area is 194 Å². The van der Waals surface area contributed by atoms with Crippen LogP contribution in [0.2, 0.25) is 10.0 Å². The second-order valence-corrected chi connectivity index (χ2v) is 9.79. The van der Waals surface area contributed by atoms with Crippen LogP contribution in [-0.4, -0.2) is 30.6 Å². The van der Waals surface area contributed by atoms with Gasteiger partial charge in [0, 0.05) is 11.3 Å². The van der Waals surface area contributed by atoms with Gasteiger partial charge in [0.2, 0.25) is 0 Å². The highest BCUT2D eigenvalue weighted by Gasteiger charge is 2.25. The molecule has 2 aromatic carbocycles. The summed E-state index contributed by atoms with van der Waals surface area (Å²) in [5.74, 6) is 4.23. The average Bonchev–Trinajstić information content (AvgIpc) is 2.70. The van der Waals surface area contributed by atoms with Gasteiger partial charge in [-0.25, -0.2) is 0 Å². The number of benzene rings is 2. The second-order valence-electron chi connectivity index (χ2n) is 7.21. The van der Waals surface area contributed by atoms with Crippen molar-refractivity contribution in [3.8, 4) is 11.5 Å². The Kier molecular flexibility index (Phi) is 10.3. The number of rotatable bonds is 12. The number of halogens is 3. The van der Waals surface area contributed by atoms with Gasteiger partial charge in [-0.15, -0.1) is 11.6 Å². The summed E-state index contributed by atoms with van der Waals surface area (Å²) in [7, 11) is 0. The highest BCUT2D eigenvalue weighted by molar-refractivity contribution is 7.99. The maximum Gasteiger partial charge on any atom is 0.156 e. The topological polar surface area (TPSA) is 18.5 Å². The first-order chi connectivity index (χ1) is 13.9. The third-order valence-corrected chi connectivity index (χ3v) is 6.54. The largest absolute Gasteiger partial charge is 0.494 e. The van der Waals surface area contributed by atoms with Crippen molar-refractivity contribution in [3.05, 3.63) is 57.6 Å². The molecule has 0 amide bonds. The Balaban J connectivity index is 2.09. The van der Waals surface area contributed by atoms with Crippen molar-refractivity contribution in [3.63, 3.8) is 0 Å². The van der Waals surface area contributed by atoms with E-state index in [4.69, 9.17) is 44.3 Å². The van der Waals surface area contributed by atoms with E-state index in [-0.39, 0.29) is 5.41 Å². The zero-order valence-corrected chi connectivity index (χ0v) is 20.4. The first-order valence-electron chi connectivity index (χ1n) is 9.89. The van der Waals surface area contributed by atoms with Gasteiger partial charge in [-0.05, 0) is 59.7 Å². The molecule has 160 valence electrons. The van der Waals surface area contributed by atoms with Gasteiger partial charge in [0.05, 0.1) is 23.3 Å². The number of alkyl halides is 1. The highest BCUT2D eigenvalue weighted by Crippen LogP contribution is 2.40. The van der Waals surface area contributed by atoms with Crippen LogP contribution in [0.15, 0.2) is 36.4 Å². The number of hydrogen-bond acceptors (Lipinski definition) is 3. The molecule has 0 unspecified atom stereocenters. The zero-order chi connectivity index (χ0) is 21.3. The molecular formula is C23H29Cl3O2S. The number of ether oxygens (including phenoxy) is 2. The maximum absolute atomic E-state index is 6.46. The lowest BCUT2D eigenvalue weighted by Crippen LogP contribution is -2.19. The molecule has 2 rings (SSSR count). The molecule has 0 aliphatic rings. The lowest BCUT2D eigenvalue weighted by molar-refractivity contribution is 0.318. The SMILES string of the molecule is CCSCCCOc1ccc(C(C)(C)c2cc(Cl)c(OCCCCl)c(Cl)c2)cc1. The number of hydrogen-bond donors (Lipinski definition) is 0. The molecule has 0 saturated heterocycles. The Hall–Kier alpha value is -0.740. The molecular weight excluding hydrogens is 447 g/mol. The molecule has 2 nitrogen and oxygen atoms in total. The fourth-order valence-corrected chi connectivity index (χ4v) is 4.23. The van der Waals surface area contributed by atoms with Crippen LogP contribution in [0.5, 0.6) is 11.5 Å². The van der Waals surface area contributed by atoms with E-state index in [0.717, 1.165) is 47.8 Å². The number of thioether (sulfide) groups is 1. The quantitative estimate of drug-likeness (QED) is 0.230. The molecule has 0 aromatic heterocycles. The first-order valence-corrected chi connectivity index (χ1v) is 12.3. The molecule has 29 heavy (non-hydrogen) atoms. The summed E-state index contributed by atoms with van der Waals surface area (Å²) >= 11 is 20.6. The Morgan fingerprint density at radius 1 is 0.897 bits per heavy atom. The molecule has 0 aliphatic carbocycles. The van der Waals surface area contributed by atoms with E-state index in [1.807, 2.05) is 36.0 Å². The third kappa shape index (κ3) is 7.17. The van der Waals surface area contributed by atoms with Crippen LogP contribution >= 0.6 is 46.6 Å². The molecule has 0 fully saturated rings. The van der Waals surface area contributed by atoms with E-state index < -0.39 is 0 Å². The molecule has 0 saturated carbocycles. The first kappa shape index (κ1) is 24.5. The minimum absolute atomic E-state index is 0.266. The highest BCUT2D eigenvalue weighted by atomic mass is 35.5. The predicted octanol–water partition coefficient (Wildman–Crippen LogP) is 7.85. The van der Waals surface area contributed by atoms with Crippen LogP contribution in [0.1, 0.15) is 44.7 Å². The average molecular weight is 476 g/mol. The Bertz CT molecular complexity index is 740. The lowest BCUT2D eigenvalue weighted by Gasteiger charge is -2.27. The summed E-state index contributed by atoms with van der Waals surface area (Å²) in [6, 6.07) is 12.1. The van der Waals surface area contributed by atoms with Crippen LogP contribution in [-0.2, 0) is 5.41 Å². The second kappa shape index (κ2) is 12.2. The maximum atomic E-state index is 6.46. The minimum Gasteiger partial charge on any atom is -0.494 e. The lowest BCUT2D eigenvalue weighted by atomic mass is 9.78. The zero-order valence-electron chi connectivity index (χ0n) is 17.3. The van der Waals surface area contributed by atoms with E-state index in [9.17, 15) is 0 Å². The summed E-state index contributed by atoms with van der Waals surface area (Å²) in [4.78, 5) is 0. The molecule has 0 aliphatic heterocycles. The standard InChI is InChI=1S/C23H29Cl3O2S/c1-4-29-14-6-13-27-19-9-7-17(8-10-19)23(2,3)18-15-20(25)22(21(26)16-18)28-12-5-11-24/h7-10,15-16H,4-6,11-14H2,1-3H3. The molecule has 2 aromatic rings. The summed E-state index contributed by atoms with van der Waals surface area (Å²) in [5.41, 5.74) is 1.93.